The number of rotatable bonds is 2. The lowest BCUT2D eigenvalue weighted by Crippen LogP contribution is -2.00. The average molecular weight is 219 g/mol. The summed E-state index contributed by atoms with van der Waals surface area (Å²) in [5, 5.41) is 9.16. The summed E-state index contributed by atoms with van der Waals surface area (Å²) in [4.78, 5) is 0. The molecule has 0 bridgehead atoms. The Hall–Kier alpha value is -1.29. The van der Waals surface area contributed by atoms with Gasteiger partial charge in [0.15, 0.2) is 5.16 Å². The summed E-state index contributed by atoms with van der Waals surface area (Å²) < 4.78 is 2.08. The van der Waals surface area contributed by atoms with Crippen LogP contribution < -0.4 is 0 Å². The van der Waals surface area contributed by atoms with Gasteiger partial charge in [0.2, 0.25) is 0 Å². The van der Waals surface area contributed by atoms with Gasteiger partial charge in [-0.15, -0.1) is 10.2 Å². The van der Waals surface area contributed by atoms with Gasteiger partial charge in [-0.1, -0.05) is 30.0 Å². The lowest BCUT2D eigenvalue weighted by atomic mass is 10.2. The van der Waals surface area contributed by atoms with E-state index in [-0.39, 0.29) is 0 Å². The Morgan fingerprint density at radius 3 is 2.53 bits per heavy atom. The number of aromatic nitrogens is 3. The molecule has 0 spiro atoms. The number of para-hydroxylation sites is 1. The summed E-state index contributed by atoms with van der Waals surface area (Å²) in [5.41, 5.74) is 2.39. The molecule has 0 saturated heterocycles. The van der Waals surface area contributed by atoms with Crippen LogP contribution in [0.25, 0.3) is 5.69 Å². The zero-order valence-electron chi connectivity index (χ0n) is 9.06. The average Bonchev–Trinajstić information content (AvgIpc) is 2.60. The minimum Gasteiger partial charge on any atom is -0.274 e. The van der Waals surface area contributed by atoms with E-state index in [1.54, 1.807) is 11.8 Å². The third-order valence-corrected chi connectivity index (χ3v) is 2.96. The normalized spacial score (nSPS) is 10.6. The monoisotopic (exact) mass is 219 g/mol. The van der Waals surface area contributed by atoms with Gasteiger partial charge in [0.05, 0.1) is 5.69 Å². The van der Waals surface area contributed by atoms with Crippen LogP contribution in [0.3, 0.4) is 0 Å². The van der Waals surface area contributed by atoms with E-state index in [0.29, 0.717) is 0 Å². The second kappa shape index (κ2) is 4.06. The van der Waals surface area contributed by atoms with E-state index in [4.69, 9.17) is 0 Å². The third-order valence-electron chi connectivity index (χ3n) is 2.33. The molecular weight excluding hydrogens is 206 g/mol. The van der Waals surface area contributed by atoms with E-state index in [9.17, 15) is 0 Å². The minimum absolute atomic E-state index is 0.925. The van der Waals surface area contributed by atoms with Crippen molar-refractivity contribution in [3.05, 3.63) is 35.7 Å². The van der Waals surface area contributed by atoms with E-state index in [2.05, 4.69) is 33.8 Å². The van der Waals surface area contributed by atoms with Crippen LogP contribution in [0.15, 0.2) is 29.4 Å². The second-order valence-corrected chi connectivity index (χ2v) is 4.13. The van der Waals surface area contributed by atoms with Gasteiger partial charge < -0.3 is 0 Å². The molecule has 0 aliphatic heterocycles. The SMILES string of the molecule is CSc1nnc(C)n1-c1ccccc1C. The molecule has 15 heavy (non-hydrogen) atoms. The smallest absolute Gasteiger partial charge is 0.195 e. The molecule has 0 N–H and O–H groups in total. The quantitative estimate of drug-likeness (QED) is 0.727. The summed E-state index contributed by atoms with van der Waals surface area (Å²) in [6.45, 7) is 4.07. The molecule has 0 atom stereocenters. The number of benzene rings is 1. The van der Waals surface area contributed by atoms with E-state index < -0.39 is 0 Å². The molecule has 2 rings (SSSR count). The molecule has 3 nitrogen and oxygen atoms in total. The molecule has 2 aromatic rings. The van der Waals surface area contributed by atoms with Crippen LogP contribution in [0.5, 0.6) is 0 Å². The molecule has 4 heteroatoms. The largest absolute Gasteiger partial charge is 0.274 e. The van der Waals surface area contributed by atoms with Gasteiger partial charge in [0.25, 0.3) is 0 Å². The standard InChI is InChI=1S/C11H13N3S/c1-8-6-4-5-7-10(8)14-9(2)12-13-11(14)15-3/h4-7H,1-3H3. The number of thioether (sulfide) groups is 1. The summed E-state index contributed by atoms with van der Waals surface area (Å²) >= 11 is 1.61. The van der Waals surface area contributed by atoms with Crippen molar-refractivity contribution in [3.8, 4) is 5.69 Å². The van der Waals surface area contributed by atoms with Gasteiger partial charge in [-0.05, 0) is 31.7 Å². The minimum atomic E-state index is 0.925. The Morgan fingerprint density at radius 2 is 1.87 bits per heavy atom. The molecule has 1 aromatic carbocycles. The summed E-state index contributed by atoms with van der Waals surface area (Å²) in [6, 6.07) is 8.26. The van der Waals surface area contributed by atoms with E-state index >= 15 is 0 Å². The van der Waals surface area contributed by atoms with Gasteiger partial charge in [-0.2, -0.15) is 0 Å². The molecule has 0 fully saturated rings. The zero-order chi connectivity index (χ0) is 10.8. The first-order valence-corrected chi connectivity index (χ1v) is 5.98. The molecule has 0 unspecified atom stereocenters. The molecule has 1 aromatic heterocycles. The first kappa shape index (κ1) is 10.2. The zero-order valence-corrected chi connectivity index (χ0v) is 9.88. The second-order valence-electron chi connectivity index (χ2n) is 3.36. The van der Waals surface area contributed by atoms with Crippen molar-refractivity contribution in [2.75, 3.05) is 6.26 Å². The summed E-state index contributed by atoms with van der Waals surface area (Å²) in [5.74, 6) is 0.925. The number of aryl methyl sites for hydroxylation is 2. The first-order chi connectivity index (χ1) is 7.24. The summed E-state index contributed by atoms with van der Waals surface area (Å²) in [7, 11) is 0. The Morgan fingerprint density at radius 1 is 1.13 bits per heavy atom. The van der Waals surface area contributed by atoms with Crippen molar-refractivity contribution in [3.63, 3.8) is 0 Å². The molecule has 0 saturated carbocycles. The van der Waals surface area contributed by atoms with Crippen LogP contribution in [-0.4, -0.2) is 21.0 Å². The van der Waals surface area contributed by atoms with Crippen LogP contribution in [0.1, 0.15) is 11.4 Å². The highest BCUT2D eigenvalue weighted by molar-refractivity contribution is 7.98. The molecule has 0 amide bonds. The summed E-state index contributed by atoms with van der Waals surface area (Å²) in [6.07, 6.45) is 2.01. The molecule has 0 aliphatic carbocycles. The molecule has 0 aliphatic rings. The maximum Gasteiger partial charge on any atom is 0.195 e. The van der Waals surface area contributed by atoms with Crippen molar-refractivity contribution in [2.45, 2.75) is 19.0 Å². The van der Waals surface area contributed by atoms with Crippen molar-refractivity contribution in [2.24, 2.45) is 0 Å². The van der Waals surface area contributed by atoms with Gasteiger partial charge in [-0.3, -0.25) is 4.57 Å². The van der Waals surface area contributed by atoms with Crippen LogP contribution >= 0.6 is 11.8 Å². The molecule has 78 valence electrons. The van der Waals surface area contributed by atoms with Crippen molar-refractivity contribution >= 4 is 11.8 Å². The van der Waals surface area contributed by atoms with Crippen molar-refractivity contribution in [1.29, 1.82) is 0 Å². The third kappa shape index (κ3) is 1.77. The maximum absolute atomic E-state index is 4.13. The van der Waals surface area contributed by atoms with Gasteiger partial charge >= 0.3 is 0 Å². The Bertz CT molecular complexity index is 476. The maximum atomic E-state index is 4.13. The van der Waals surface area contributed by atoms with E-state index in [0.717, 1.165) is 16.7 Å². The number of nitrogens with zero attached hydrogens (tertiary/aromatic N) is 3. The first-order valence-electron chi connectivity index (χ1n) is 4.76. The predicted octanol–water partition coefficient (Wildman–Crippen LogP) is 2.61. The van der Waals surface area contributed by atoms with Crippen LogP contribution in [-0.2, 0) is 0 Å². The highest BCUT2D eigenvalue weighted by Gasteiger charge is 2.10. The Balaban J connectivity index is 2.63. The lowest BCUT2D eigenvalue weighted by molar-refractivity contribution is 0.864. The number of hydrogen-bond acceptors (Lipinski definition) is 3. The van der Waals surface area contributed by atoms with E-state index in [1.165, 1.54) is 5.56 Å². The fourth-order valence-corrected chi connectivity index (χ4v) is 2.10. The molecular formula is C11H13N3S. The van der Waals surface area contributed by atoms with Crippen LogP contribution in [0.2, 0.25) is 0 Å². The van der Waals surface area contributed by atoms with Gasteiger partial charge in [-0.25, -0.2) is 0 Å². The van der Waals surface area contributed by atoms with Crippen LogP contribution in [0.4, 0.5) is 0 Å². The van der Waals surface area contributed by atoms with Gasteiger partial charge in [0, 0.05) is 0 Å². The highest BCUT2D eigenvalue weighted by Crippen LogP contribution is 2.21. The lowest BCUT2D eigenvalue weighted by Gasteiger charge is -2.09. The van der Waals surface area contributed by atoms with Crippen LogP contribution in [0, 0.1) is 13.8 Å². The molecule has 0 radical (unpaired) electrons. The van der Waals surface area contributed by atoms with Crippen molar-refractivity contribution < 1.29 is 0 Å². The fourth-order valence-electron chi connectivity index (χ4n) is 1.57. The Labute approximate surface area is 93.5 Å². The topological polar surface area (TPSA) is 30.7 Å². The fraction of sp³-hybridized carbons (Fsp3) is 0.273. The van der Waals surface area contributed by atoms with E-state index in [1.807, 2.05) is 25.3 Å². The Kier molecular flexibility index (Phi) is 2.77. The van der Waals surface area contributed by atoms with Crippen molar-refractivity contribution in [1.82, 2.24) is 14.8 Å². The number of hydrogen-bond donors (Lipinski definition) is 0. The molecule has 1 heterocycles. The van der Waals surface area contributed by atoms with Gasteiger partial charge in [0.1, 0.15) is 5.82 Å². The highest BCUT2D eigenvalue weighted by atomic mass is 32.2. The predicted molar refractivity (Wildman–Crippen MR) is 62.6 cm³/mol.